The first-order chi connectivity index (χ1) is 8.74. The van der Waals surface area contributed by atoms with Gasteiger partial charge in [-0.15, -0.1) is 10.2 Å². The molecule has 1 atom stereocenters. The van der Waals surface area contributed by atoms with Crippen LogP contribution in [0.4, 0.5) is 0 Å². The number of aryl methyl sites for hydroxylation is 1. The molecule has 0 aliphatic heterocycles. The molecule has 1 unspecified atom stereocenters. The number of hydrogen-bond donors (Lipinski definition) is 2. The lowest BCUT2D eigenvalue weighted by Crippen LogP contribution is -2.20. The van der Waals surface area contributed by atoms with Crippen LogP contribution in [0.1, 0.15) is 24.9 Å². The highest BCUT2D eigenvalue weighted by Gasteiger charge is 2.07. The van der Waals surface area contributed by atoms with E-state index in [2.05, 4.69) is 22.3 Å². The van der Waals surface area contributed by atoms with Crippen LogP contribution in [-0.4, -0.2) is 26.8 Å². The van der Waals surface area contributed by atoms with Gasteiger partial charge in [-0.3, -0.25) is 0 Å². The van der Waals surface area contributed by atoms with Crippen LogP contribution >= 0.6 is 0 Å². The molecule has 1 heterocycles. The molecule has 6 heteroatoms. The van der Waals surface area contributed by atoms with Gasteiger partial charge in [-0.05, 0) is 17.2 Å². The highest BCUT2D eigenvalue weighted by molar-refractivity contribution is 5.54. The van der Waals surface area contributed by atoms with Gasteiger partial charge in [-0.25, -0.2) is 0 Å². The van der Waals surface area contributed by atoms with Crippen molar-refractivity contribution in [3.05, 3.63) is 29.8 Å². The summed E-state index contributed by atoms with van der Waals surface area (Å²) in [5, 5.41) is 12.3. The van der Waals surface area contributed by atoms with Gasteiger partial charge in [-0.2, -0.15) is 4.80 Å². The highest BCUT2D eigenvalue weighted by atomic mass is 15.6. The van der Waals surface area contributed by atoms with Crippen molar-refractivity contribution < 1.29 is 0 Å². The third-order valence-electron chi connectivity index (χ3n) is 2.73. The summed E-state index contributed by atoms with van der Waals surface area (Å²) in [4.78, 5) is 1.61. The van der Waals surface area contributed by atoms with Crippen molar-refractivity contribution in [2.24, 2.45) is 11.5 Å². The summed E-state index contributed by atoms with van der Waals surface area (Å²) >= 11 is 0. The summed E-state index contributed by atoms with van der Waals surface area (Å²) in [6.45, 7) is 3.29. The molecule has 0 radical (unpaired) electrons. The molecule has 1 aromatic carbocycles. The average Bonchev–Trinajstić information content (AvgIpc) is 2.87. The Morgan fingerprint density at radius 1 is 1.28 bits per heavy atom. The second-order valence-corrected chi connectivity index (χ2v) is 4.17. The summed E-state index contributed by atoms with van der Waals surface area (Å²) in [5.41, 5.74) is 13.3. The minimum absolute atomic E-state index is 0.122. The highest BCUT2D eigenvalue weighted by Crippen LogP contribution is 2.17. The van der Waals surface area contributed by atoms with E-state index in [-0.39, 0.29) is 6.04 Å². The van der Waals surface area contributed by atoms with E-state index in [0.29, 0.717) is 12.4 Å². The summed E-state index contributed by atoms with van der Waals surface area (Å²) in [6.07, 6.45) is 0.986. The van der Waals surface area contributed by atoms with E-state index >= 15 is 0 Å². The van der Waals surface area contributed by atoms with Crippen LogP contribution in [0.5, 0.6) is 0 Å². The fourth-order valence-corrected chi connectivity index (χ4v) is 1.67. The molecular weight excluding hydrogens is 228 g/mol. The second kappa shape index (κ2) is 5.70. The zero-order valence-electron chi connectivity index (χ0n) is 10.5. The van der Waals surface area contributed by atoms with E-state index in [1.54, 1.807) is 4.80 Å². The Bertz CT molecular complexity index is 490. The van der Waals surface area contributed by atoms with Crippen LogP contribution in [0.3, 0.4) is 0 Å². The fraction of sp³-hybridized carbons (Fsp3) is 0.417. The third-order valence-corrected chi connectivity index (χ3v) is 2.73. The zero-order valence-corrected chi connectivity index (χ0v) is 10.5. The van der Waals surface area contributed by atoms with Crippen LogP contribution < -0.4 is 11.5 Å². The number of rotatable bonds is 5. The predicted octanol–water partition coefficient (Wildman–Crippen LogP) is 0.709. The molecule has 2 rings (SSSR count). The van der Waals surface area contributed by atoms with Gasteiger partial charge in [0.25, 0.3) is 0 Å². The van der Waals surface area contributed by atoms with Crippen LogP contribution in [-0.2, 0) is 6.54 Å². The molecule has 2 aromatic rings. The second-order valence-electron chi connectivity index (χ2n) is 4.17. The molecule has 4 N–H and O–H groups in total. The average molecular weight is 246 g/mol. The first-order valence-electron chi connectivity index (χ1n) is 6.08. The maximum Gasteiger partial charge on any atom is 0.204 e. The van der Waals surface area contributed by atoms with Crippen LogP contribution in [0.25, 0.3) is 11.4 Å². The summed E-state index contributed by atoms with van der Waals surface area (Å²) < 4.78 is 0. The Morgan fingerprint density at radius 2 is 2.00 bits per heavy atom. The summed E-state index contributed by atoms with van der Waals surface area (Å²) in [6, 6.07) is 7.67. The van der Waals surface area contributed by atoms with Crippen LogP contribution in [0.2, 0.25) is 0 Å². The number of nitrogens with two attached hydrogens (primary N) is 2. The third kappa shape index (κ3) is 2.72. The van der Waals surface area contributed by atoms with Gasteiger partial charge in [-0.1, -0.05) is 31.2 Å². The molecule has 0 saturated carbocycles. The number of tetrazole rings is 1. The molecule has 0 saturated heterocycles. The molecule has 6 nitrogen and oxygen atoms in total. The molecule has 1 aromatic heterocycles. The number of aromatic nitrogens is 4. The number of benzene rings is 1. The molecule has 0 amide bonds. The number of hydrogen-bond acceptors (Lipinski definition) is 5. The first kappa shape index (κ1) is 12.7. The molecule has 0 fully saturated rings. The Kier molecular flexibility index (Phi) is 4.01. The molecule has 18 heavy (non-hydrogen) atoms. The normalized spacial score (nSPS) is 12.6. The lowest BCUT2D eigenvalue weighted by molar-refractivity contribution is 0.515. The number of nitrogens with zero attached hydrogens (tertiary/aromatic N) is 4. The molecule has 0 bridgehead atoms. The largest absolute Gasteiger partial charge is 0.329 e. The Hall–Kier alpha value is -1.79. The van der Waals surface area contributed by atoms with Crippen molar-refractivity contribution in [3.8, 4) is 11.4 Å². The van der Waals surface area contributed by atoms with Crippen molar-refractivity contribution in [3.63, 3.8) is 0 Å². The van der Waals surface area contributed by atoms with Gasteiger partial charge in [0, 0.05) is 18.2 Å². The fourth-order valence-electron chi connectivity index (χ4n) is 1.67. The molecule has 0 spiro atoms. The Labute approximate surface area is 106 Å². The van der Waals surface area contributed by atoms with E-state index in [0.717, 1.165) is 24.1 Å². The Balaban J connectivity index is 2.17. The maximum atomic E-state index is 5.85. The Morgan fingerprint density at radius 3 is 2.61 bits per heavy atom. The topological polar surface area (TPSA) is 95.6 Å². The van der Waals surface area contributed by atoms with Crippen molar-refractivity contribution in [2.75, 3.05) is 6.54 Å². The summed E-state index contributed by atoms with van der Waals surface area (Å²) in [5.74, 6) is 0.635. The van der Waals surface area contributed by atoms with Gasteiger partial charge in [0.1, 0.15) is 0 Å². The predicted molar refractivity (Wildman–Crippen MR) is 69.5 cm³/mol. The van der Waals surface area contributed by atoms with Crippen LogP contribution in [0, 0.1) is 0 Å². The van der Waals surface area contributed by atoms with Gasteiger partial charge < -0.3 is 11.5 Å². The van der Waals surface area contributed by atoms with Gasteiger partial charge in [0.05, 0.1) is 6.54 Å². The van der Waals surface area contributed by atoms with E-state index in [9.17, 15) is 0 Å². The molecular formula is C12H18N6. The van der Waals surface area contributed by atoms with E-state index in [1.807, 2.05) is 24.3 Å². The van der Waals surface area contributed by atoms with E-state index in [1.165, 1.54) is 0 Å². The van der Waals surface area contributed by atoms with Gasteiger partial charge >= 0.3 is 0 Å². The van der Waals surface area contributed by atoms with Crippen molar-refractivity contribution >= 4 is 0 Å². The zero-order chi connectivity index (χ0) is 13.0. The van der Waals surface area contributed by atoms with E-state index < -0.39 is 0 Å². The van der Waals surface area contributed by atoms with Crippen molar-refractivity contribution in [1.82, 2.24) is 20.2 Å². The lowest BCUT2D eigenvalue weighted by Gasteiger charge is -2.08. The first-order valence-corrected chi connectivity index (χ1v) is 6.08. The van der Waals surface area contributed by atoms with E-state index in [4.69, 9.17) is 11.5 Å². The maximum absolute atomic E-state index is 5.85. The van der Waals surface area contributed by atoms with Gasteiger partial charge in [0.15, 0.2) is 0 Å². The minimum atomic E-state index is -0.122. The standard InChI is InChI=1S/C12H18N6/c1-2-7-18-16-12(15-17-18)10-5-3-9(4-6-10)11(14)8-13/h3-6,11H,2,7-8,13-14H2,1H3. The van der Waals surface area contributed by atoms with Crippen molar-refractivity contribution in [1.29, 1.82) is 0 Å². The van der Waals surface area contributed by atoms with Crippen LogP contribution in [0.15, 0.2) is 24.3 Å². The lowest BCUT2D eigenvalue weighted by atomic mass is 10.1. The van der Waals surface area contributed by atoms with Crippen molar-refractivity contribution in [2.45, 2.75) is 25.9 Å². The molecule has 0 aliphatic rings. The smallest absolute Gasteiger partial charge is 0.204 e. The summed E-state index contributed by atoms with van der Waals surface area (Å²) in [7, 11) is 0. The monoisotopic (exact) mass is 246 g/mol. The minimum Gasteiger partial charge on any atom is -0.329 e. The molecule has 0 aliphatic carbocycles. The molecule has 96 valence electrons. The SMILES string of the molecule is CCCn1nnc(-c2ccc(C(N)CN)cc2)n1. The van der Waals surface area contributed by atoms with Gasteiger partial charge in [0.2, 0.25) is 5.82 Å². The quantitative estimate of drug-likeness (QED) is 0.810.